The summed E-state index contributed by atoms with van der Waals surface area (Å²) in [6, 6.07) is 0. The van der Waals surface area contributed by atoms with Crippen molar-refractivity contribution in [2.45, 2.75) is 26.2 Å². The number of carbonyl (C=O) groups excluding carboxylic acids is 1. The maximum absolute atomic E-state index is 11.2. The van der Waals surface area contributed by atoms with E-state index in [0.29, 0.717) is 13.2 Å². The van der Waals surface area contributed by atoms with Crippen LogP contribution in [0.2, 0.25) is 0 Å². The lowest BCUT2D eigenvalue weighted by Gasteiger charge is -2.05. The van der Waals surface area contributed by atoms with E-state index in [-0.39, 0.29) is 23.0 Å². The molecule has 0 fully saturated rings. The van der Waals surface area contributed by atoms with Crippen molar-refractivity contribution in [1.82, 2.24) is 0 Å². The third-order valence-corrected chi connectivity index (χ3v) is 1.97. The number of rotatable bonds is 6. The van der Waals surface area contributed by atoms with Gasteiger partial charge in [0.05, 0.1) is 12.8 Å². The molecule has 1 atom stereocenters. The lowest BCUT2D eigenvalue weighted by molar-refractivity contribution is -0.727. The lowest BCUT2D eigenvalue weighted by atomic mass is 10.3. The predicted molar refractivity (Wildman–Crippen MR) is 53.9 cm³/mol. The minimum atomic E-state index is -0.158. The molecule has 0 bridgehead atoms. The summed E-state index contributed by atoms with van der Waals surface area (Å²) in [6.07, 6.45) is 8.41. The second kappa shape index (κ2) is 8.61. The molecule has 0 spiro atoms. The first kappa shape index (κ1) is 14.3. The molecule has 1 heterocycles. The number of hydrogen-bond donors (Lipinski definition) is 1. The van der Waals surface area contributed by atoms with E-state index in [1.807, 2.05) is 6.20 Å². The van der Waals surface area contributed by atoms with Crippen LogP contribution in [0.1, 0.15) is 26.2 Å². The minimum absolute atomic E-state index is 0. The Kier molecular flexibility index (Phi) is 8.22. The van der Waals surface area contributed by atoms with E-state index in [4.69, 9.17) is 4.74 Å². The largest absolute Gasteiger partial charge is 1.00 e. The molecule has 0 radical (unpaired) electrons. The van der Waals surface area contributed by atoms with Crippen molar-refractivity contribution in [2.75, 3.05) is 13.2 Å². The van der Waals surface area contributed by atoms with Gasteiger partial charge in [0.25, 0.3) is 0 Å². The Morgan fingerprint density at radius 2 is 2.27 bits per heavy atom. The van der Waals surface area contributed by atoms with Crippen LogP contribution in [0, 0.1) is 0 Å². The zero-order valence-corrected chi connectivity index (χ0v) is 10.5. The molecule has 1 unspecified atom stereocenters. The van der Waals surface area contributed by atoms with Crippen LogP contribution < -0.4 is 21.9 Å². The van der Waals surface area contributed by atoms with Crippen molar-refractivity contribution in [3.8, 4) is 0 Å². The van der Waals surface area contributed by atoms with Crippen molar-refractivity contribution >= 4 is 12.3 Å². The summed E-state index contributed by atoms with van der Waals surface area (Å²) >= 11 is 0. The third kappa shape index (κ3) is 6.41. The van der Waals surface area contributed by atoms with Gasteiger partial charge < -0.3 is 21.7 Å². The molecule has 0 aromatic carbocycles. The van der Waals surface area contributed by atoms with E-state index in [1.165, 1.54) is 0 Å². The van der Waals surface area contributed by atoms with E-state index >= 15 is 0 Å². The SMILES string of the molecule is CCCCCOC(=O)C[NH+]1C=CN=C1.[Br-]. The van der Waals surface area contributed by atoms with Gasteiger partial charge in [0.15, 0.2) is 12.9 Å². The van der Waals surface area contributed by atoms with E-state index in [2.05, 4.69) is 11.9 Å². The molecule has 86 valence electrons. The topological polar surface area (TPSA) is 43.1 Å². The molecule has 1 aliphatic rings. The summed E-state index contributed by atoms with van der Waals surface area (Å²) in [6.45, 7) is 3.00. The number of aliphatic imine (C=N–C) groups is 1. The Morgan fingerprint density at radius 3 is 2.87 bits per heavy atom. The summed E-state index contributed by atoms with van der Waals surface area (Å²) in [5, 5.41) is 0. The van der Waals surface area contributed by atoms with Crippen molar-refractivity contribution in [3.63, 3.8) is 0 Å². The molecular weight excluding hydrogens is 260 g/mol. The molecule has 0 aliphatic carbocycles. The van der Waals surface area contributed by atoms with Crippen LogP contribution in [0.3, 0.4) is 0 Å². The number of esters is 1. The van der Waals surface area contributed by atoms with Crippen molar-refractivity contribution < 1.29 is 31.4 Å². The molecule has 1 N–H and O–H groups in total. The molecule has 0 aromatic heterocycles. The number of quaternary nitrogens is 1. The van der Waals surface area contributed by atoms with Gasteiger partial charge in [-0.15, -0.1) is 0 Å². The fourth-order valence-electron chi connectivity index (χ4n) is 1.18. The Balaban J connectivity index is 0.00000196. The highest BCUT2D eigenvalue weighted by molar-refractivity contribution is 5.71. The fourth-order valence-corrected chi connectivity index (χ4v) is 1.18. The van der Waals surface area contributed by atoms with Crippen LogP contribution in [0.4, 0.5) is 0 Å². The molecule has 0 amide bonds. The molecule has 1 aliphatic heterocycles. The normalized spacial score (nSPS) is 17.5. The predicted octanol–water partition coefficient (Wildman–Crippen LogP) is -2.88. The van der Waals surface area contributed by atoms with Gasteiger partial charge in [-0.05, 0) is 6.42 Å². The Hall–Kier alpha value is -0.680. The second-order valence-electron chi connectivity index (χ2n) is 3.27. The molecule has 0 saturated carbocycles. The van der Waals surface area contributed by atoms with Crippen LogP contribution in [0.25, 0.3) is 0 Å². The lowest BCUT2D eigenvalue weighted by Crippen LogP contribution is -3.06. The van der Waals surface area contributed by atoms with Gasteiger partial charge in [-0.3, -0.25) is 4.90 Å². The van der Waals surface area contributed by atoms with Crippen LogP contribution in [-0.2, 0) is 9.53 Å². The van der Waals surface area contributed by atoms with Crippen LogP contribution in [-0.4, -0.2) is 25.5 Å². The maximum atomic E-state index is 11.2. The first-order chi connectivity index (χ1) is 6.83. The summed E-state index contributed by atoms with van der Waals surface area (Å²) in [7, 11) is 0. The number of carbonyl (C=O) groups is 1. The molecule has 1 rings (SSSR count). The summed E-state index contributed by atoms with van der Waals surface area (Å²) in [5.41, 5.74) is 0. The number of halogens is 1. The highest BCUT2D eigenvalue weighted by Gasteiger charge is 2.12. The number of nitrogens with zero attached hydrogens (tertiary/aromatic N) is 1. The van der Waals surface area contributed by atoms with Crippen LogP contribution >= 0.6 is 0 Å². The Morgan fingerprint density at radius 1 is 1.47 bits per heavy atom. The van der Waals surface area contributed by atoms with E-state index in [0.717, 1.165) is 24.2 Å². The maximum Gasteiger partial charge on any atom is 0.362 e. The van der Waals surface area contributed by atoms with Gasteiger partial charge >= 0.3 is 5.97 Å². The molecule has 0 saturated heterocycles. The van der Waals surface area contributed by atoms with Crippen molar-refractivity contribution in [2.24, 2.45) is 4.99 Å². The number of nitrogens with one attached hydrogen (secondary N) is 1. The zero-order valence-electron chi connectivity index (χ0n) is 8.91. The first-order valence-electron chi connectivity index (χ1n) is 5.04. The third-order valence-electron chi connectivity index (χ3n) is 1.97. The first-order valence-corrected chi connectivity index (χ1v) is 5.04. The highest BCUT2D eigenvalue weighted by Crippen LogP contribution is 1.93. The van der Waals surface area contributed by atoms with Gasteiger partial charge in [0.1, 0.15) is 6.20 Å². The van der Waals surface area contributed by atoms with Crippen molar-refractivity contribution in [1.29, 1.82) is 0 Å². The van der Waals surface area contributed by atoms with Gasteiger partial charge in [-0.25, -0.2) is 9.79 Å². The fraction of sp³-hybridized carbons (Fsp3) is 0.600. The molecule has 0 aromatic rings. The van der Waals surface area contributed by atoms with Crippen LogP contribution in [0.5, 0.6) is 0 Å². The second-order valence-corrected chi connectivity index (χ2v) is 3.27. The minimum Gasteiger partial charge on any atom is -1.00 e. The Labute approximate surface area is 101 Å². The average Bonchev–Trinajstić information content (AvgIpc) is 2.65. The number of unbranched alkanes of at least 4 members (excludes halogenated alkanes) is 2. The quantitative estimate of drug-likeness (QED) is 0.419. The van der Waals surface area contributed by atoms with Crippen LogP contribution in [0.15, 0.2) is 17.4 Å². The highest BCUT2D eigenvalue weighted by atomic mass is 79.9. The zero-order chi connectivity index (χ0) is 10.2. The summed E-state index contributed by atoms with van der Waals surface area (Å²) in [4.78, 5) is 16.0. The standard InChI is InChI=1S/C10H16N2O2.BrH/c1-2-3-4-7-14-10(13)8-12-6-5-11-9-12;/h5-6,9H,2-4,7-8H2,1H3;1H. The van der Waals surface area contributed by atoms with Gasteiger partial charge in [0.2, 0.25) is 0 Å². The molecule has 15 heavy (non-hydrogen) atoms. The monoisotopic (exact) mass is 276 g/mol. The van der Waals surface area contributed by atoms with Gasteiger partial charge in [0, 0.05) is 0 Å². The van der Waals surface area contributed by atoms with Gasteiger partial charge in [-0.2, -0.15) is 0 Å². The molecule has 5 heteroatoms. The van der Waals surface area contributed by atoms with Gasteiger partial charge in [-0.1, -0.05) is 19.8 Å². The smallest absolute Gasteiger partial charge is 0.362 e. The van der Waals surface area contributed by atoms with E-state index in [1.54, 1.807) is 12.5 Å². The summed E-state index contributed by atoms with van der Waals surface area (Å²) in [5.74, 6) is -0.158. The van der Waals surface area contributed by atoms with E-state index < -0.39 is 0 Å². The summed E-state index contributed by atoms with van der Waals surface area (Å²) < 4.78 is 5.05. The number of hydrogen-bond acceptors (Lipinski definition) is 3. The molecular formula is C10H17BrN2O2. The number of ether oxygens (including phenoxy) is 1. The molecule has 4 nitrogen and oxygen atoms in total. The average molecular weight is 277 g/mol. The Bertz CT molecular complexity index is 230. The van der Waals surface area contributed by atoms with E-state index in [9.17, 15) is 4.79 Å². The van der Waals surface area contributed by atoms with Crippen molar-refractivity contribution in [3.05, 3.63) is 12.4 Å².